The maximum absolute atomic E-state index is 6.23. The predicted molar refractivity (Wildman–Crippen MR) is 73.7 cm³/mol. The van der Waals surface area contributed by atoms with Crippen LogP contribution in [0.3, 0.4) is 0 Å². The van der Waals surface area contributed by atoms with Gasteiger partial charge in [-0.25, -0.2) is 9.97 Å². The molecule has 0 unspecified atom stereocenters. The summed E-state index contributed by atoms with van der Waals surface area (Å²) in [4.78, 5) is 8.96. The number of benzene rings is 1. The highest BCUT2D eigenvalue weighted by Gasteiger charge is 2.11. The Morgan fingerprint density at radius 3 is 2.56 bits per heavy atom. The van der Waals surface area contributed by atoms with Gasteiger partial charge in [0.15, 0.2) is 5.82 Å². The third-order valence-corrected chi connectivity index (χ3v) is 3.40. The minimum absolute atomic E-state index is 0.502. The summed E-state index contributed by atoms with van der Waals surface area (Å²) in [5.74, 6) is 0.661. The number of rotatable bonds is 1. The second kappa shape index (κ2) is 4.10. The summed E-state index contributed by atoms with van der Waals surface area (Å²) in [5.41, 5.74) is 2.96. The summed E-state index contributed by atoms with van der Waals surface area (Å²) in [7, 11) is 1.98. The van der Waals surface area contributed by atoms with Gasteiger partial charge in [-0.15, -0.1) is 0 Å². The first-order valence-corrected chi connectivity index (χ1v) is 6.09. The average Bonchev–Trinajstić information content (AvgIpc) is 2.68. The van der Waals surface area contributed by atoms with Crippen molar-refractivity contribution < 1.29 is 0 Å². The standard InChI is InChI=1S/C14H12ClN3/c1-9-8-11-12(15)16-13(17-14(11)18(9)2)10-6-4-3-5-7-10/h3-8H,1-2H3. The van der Waals surface area contributed by atoms with E-state index in [2.05, 4.69) is 9.97 Å². The van der Waals surface area contributed by atoms with Crippen LogP contribution in [-0.4, -0.2) is 14.5 Å². The van der Waals surface area contributed by atoms with Crippen molar-refractivity contribution in [3.8, 4) is 11.4 Å². The fourth-order valence-corrected chi connectivity index (χ4v) is 2.22. The van der Waals surface area contributed by atoms with Crippen molar-refractivity contribution in [2.24, 2.45) is 7.05 Å². The van der Waals surface area contributed by atoms with Crippen LogP contribution < -0.4 is 0 Å². The molecule has 0 saturated heterocycles. The van der Waals surface area contributed by atoms with E-state index in [1.54, 1.807) is 0 Å². The molecule has 3 rings (SSSR count). The Bertz CT molecular complexity index is 717. The van der Waals surface area contributed by atoms with E-state index in [4.69, 9.17) is 11.6 Å². The van der Waals surface area contributed by atoms with Gasteiger partial charge in [0.25, 0.3) is 0 Å². The van der Waals surface area contributed by atoms with Crippen molar-refractivity contribution in [2.75, 3.05) is 0 Å². The summed E-state index contributed by atoms with van der Waals surface area (Å²) in [5, 5.41) is 1.40. The van der Waals surface area contributed by atoms with E-state index in [1.165, 1.54) is 0 Å². The van der Waals surface area contributed by atoms with Gasteiger partial charge in [-0.2, -0.15) is 0 Å². The van der Waals surface area contributed by atoms with E-state index in [0.717, 1.165) is 22.3 Å². The molecule has 0 bridgehead atoms. The van der Waals surface area contributed by atoms with Crippen molar-refractivity contribution in [1.29, 1.82) is 0 Å². The molecule has 4 heteroatoms. The van der Waals surface area contributed by atoms with Gasteiger partial charge in [0, 0.05) is 18.3 Å². The topological polar surface area (TPSA) is 30.7 Å². The molecule has 2 heterocycles. The number of fused-ring (bicyclic) bond motifs is 1. The van der Waals surface area contributed by atoms with Crippen LogP contribution in [0, 0.1) is 6.92 Å². The van der Waals surface area contributed by atoms with Crippen molar-refractivity contribution in [3.63, 3.8) is 0 Å². The normalized spacial score (nSPS) is 11.1. The molecule has 0 saturated carbocycles. The molecule has 0 atom stereocenters. The summed E-state index contributed by atoms with van der Waals surface area (Å²) >= 11 is 6.23. The number of hydrogen-bond acceptors (Lipinski definition) is 2. The van der Waals surface area contributed by atoms with E-state index >= 15 is 0 Å². The second-order valence-electron chi connectivity index (χ2n) is 4.29. The molecule has 0 aliphatic rings. The molecule has 2 aromatic heterocycles. The summed E-state index contributed by atoms with van der Waals surface area (Å²) in [6.45, 7) is 2.03. The summed E-state index contributed by atoms with van der Waals surface area (Å²) in [6, 6.07) is 11.9. The predicted octanol–water partition coefficient (Wildman–Crippen LogP) is 3.60. The quantitative estimate of drug-likeness (QED) is 0.624. The van der Waals surface area contributed by atoms with Gasteiger partial charge < -0.3 is 4.57 Å². The number of aromatic nitrogens is 3. The SMILES string of the molecule is Cc1cc2c(Cl)nc(-c3ccccc3)nc2n1C. The third kappa shape index (κ3) is 1.68. The van der Waals surface area contributed by atoms with E-state index < -0.39 is 0 Å². The Kier molecular flexibility index (Phi) is 2.56. The van der Waals surface area contributed by atoms with Crippen LogP contribution in [0.2, 0.25) is 5.15 Å². The first-order valence-electron chi connectivity index (χ1n) is 5.72. The van der Waals surface area contributed by atoms with Gasteiger partial charge in [-0.1, -0.05) is 41.9 Å². The molecule has 1 aromatic carbocycles. The van der Waals surface area contributed by atoms with Crippen LogP contribution in [-0.2, 0) is 7.05 Å². The highest BCUT2D eigenvalue weighted by molar-refractivity contribution is 6.34. The fourth-order valence-electron chi connectivity index (χ4n) is 2.00. The van der Waals surface area contributed by atoms with E-state index in [9.17, 15) is 0 Å². The van der Waals surface area contributed by atoms with Crippen molar-refractivity contribution >= 4 is 22.6 Å². The van der Waals surface area contributed by atoms with E-state index in [0.29, 0.717) is 11.0 Å². The minimum Gasteiger partial charge on any atom is -0.333 e. The first kappa shape index (κ1) is 11.2. The Labute approximate surface area is 110 Å². The molecule has 0 radical (unpaired) electrons. The number of hydrogen-bond donors (Lipinski definition) is 0. The van der Waals surface area contributed by atoms with Gasteiger partial charge in [-0.3, -0.25) is 0 Å². The van der Waals surface area contributed by atoms with Gasteiger partial charge >= 0.3 is 0 Å². The zero-order valence-electron chi connectivity index (χ0n) is 10.2. The Balaban J connectivity index is 2.30. The Morgan fingerprint density at radius 2 is 1.83 bits per heavy atom. The van der Waals surface area contributed by atoms with Crippen molar-refractivity contribution in [3.05, 3.63) is 47.2 Å². The molecule has 90 valence electrons. The fraction of sp³-hybridized carbons (Fsp3) is 0.143. The Hall–Kier alpha value is -1.87. The average molecular weight is 258 g/mol. The minimum atomic E-state index is 0.502. The van der Waals surface area contributed by atoms with E-state index in [-0.39, 0.29) is 0 Å². The molecule has 18 heavy (non-hydrogen) atoms. The zero-order chi connectivity index (χ0) is 12.7. The molecule has 3 nitrogen and oxygen atoms in total. The lowest BCUT2D eigenvalue weighted by Crippen LogP contribution is -1.96. The smallest absolute Gasteiger partial charge is 0.163 e. The molecule has 0 aliphatic heterocycles. The van der Waals surface area contributed by atoms with Crippen molar-refractivity contribution in [1.82, 2.24) is 14.5 Å². The van der Waals surface area contributed by atoms with Gasteiger partial charge in [0.1, 0.15) is 10.8 Å². The number of nitrogens with zero attached hydrogens (tertiary/aromatic N) is 3. The second-order valence-corrected chi connectivity index (χ2v) is 4.64. The summed E-state index contributed by atoms with van der Waals surface area (Å²) < 4.78 is 2.02. The summed E-state index contributed by atoms with van der Waals surface area (Å²) in [6.07, 6.45) is 0. The van der Waals surface area contributed by atoms with Crippen LogP contribution in [0.15, 0.2) is 36.4 Å². The molecule has 0 spiro atoms. The van der Waals surface area contributed by atoms with Gasteiger partial charge in [-0.05, 0) is 13.0 Å². The lowest BCUT2D eigenvalue weighted by molar-refractivity contribution is 0.900. The van der Waals surface area contributed by atoms with Crippen LogP contribution in [0.1, 0.15) is 5.69 Å². The first-order chi connectivity index (χ1) is 8.66. The maximum atomic E-state index is 6.23. The van der Waals surface area contributed by atoms with Crippen LogP contribution in [0.25, 0.3) is 22.4 Å². The third-order valence-electron chi connectivity index (χ3n) is 3.11. The van der Waals surface area contributed by atoms with Crippen LogP contribution >= 0.6 is 11.6 Å². The highest BCUT2D eigenvalue weighted by atomic mass is 35.5. The van der Waals surface area contributed by atoms with Gasteiger partial charge in [0.2, 0.25) is 0 Å². The monoisotopic (exact) mass is 257 g/mol. The largest absolute Gasteiger partial charge is 0.333 e. The van der Waals surface area contributed by atoms with Crippen LogP contribution in [0.4, 0.5) is 0 Å². The molecule has 0 N–H and O–H groups in total. The van der Waals surface area contributed by atoms with Gasteiger partial charge in [0.05, 0.1) is 5.39 Å². The lowest BCUT2D eigenvalue weighted by Gasteiger charge is -2.03. The maximum Gasteiger partial charge on any atom is 0.163 e. The molecular formula is C14H12ClN3. The molecule has 0 aliphatic carbocycles. The number of halogens is 1. The van der Waals surface area contributed by atoms with E-state index in [1.807, 2.05) is 54.9 Å². The molecule has 0 amide bonds. The lowest BCUT2D eigenvalue weighted by atomic mass is 10.2. The van der Waals surface area contributed by atoms with Crippen LogP contribution in [0.5, 0.6) is 0 Å². The molecular weight excluding hydrogens is 246 g/mol. The van der Waals surface area contributed by atoms with Crippen molar-refractivity contribution in [2.45, 2.75) is 6.92 Å². The zero-order valence-corrected chi connectivity index (χ0v) is 10.9. The highest BCUT2D eigenvalue weighted by Crippen LogP contribution is 2.26. The Morgan fingerprint density at radius 1 is 1.11 bits per heavy atom. The molecule has 3 aromatic rings. The molecule has 0 fully saturated rings. The number of aryl methyl sites for hydroxylation is 2.